The molecular formula is C5H8N2SW. The molecule has 1 aromatic rings. The van der Waals surface area contributed by atoms with Crippen molar-refractivity contribution in [1.29, 1.82) is 0 Å². The Hall–Kier alpha value is 0.248. The van der Waals surface area contributed by atoms with Gasteiger partial charge in [0.15, 0.2) is 0 Å². The van der Waals surface area contributed by atoms with Crippen molar-refractivity contribution < 1.29 is 21.1 Å². The van der Waals surface area contributed by atoms with Gasteiger partial charge in [-0.05, 0) is 0 Å². The van der Waals surface area contributed by atoms with Gasteiger partial charge in [-0.25, -0.2) is 4.37 Å². The maximum atomic E-state index is 3.79. The Morgan fingerprint density at radius 1 is 1.56 bits per heavy atom. The first-order valence-electron chi connectivity index (χ1n) is 2.27. The van der Waals surface area contributed by atoms with E-state index in [4.69, 9.17) is 0 Å². The van der Waals surface area contributed by atoms with Crippen molar-refractivity contribution in [1.82, 2.24) is 8.75 Å². The molecule has 0 spiro atoms. The number of rotatable bonds is 0. The van der Waals surface area contributed by atoms with Gasteiger partial charge in [0, 0.05) is 11.7 Å². The second-order valence-corrected chi connectivity index (χ2v) is 1.49. The molecule has 0 aliphatic rings. The summed E-state index contributed by atoms with van der Waals surface area (Å²) in [5.74, 6) is 0. The molecule has 0 aliphatic carbocycles. The summed E-state index contributed by atoms with van der Waals surface area (Å²) in [6, 6.07) is 0. The third-order valence-corrected chi connectivity index (χ3v) is 0.954. The van der Waals surface area contributed by atoms with Crippen LogP contribution in [0.2, 0.25) is 0 Å². The molecule has 0 aromatic carbocycles. The molecule has 0 saturated heterocycles. The molecular weight excluding hydrogens is 304 g/mol. The number of aromatic nitrogens is 2. The fraction of sp³-hybridized carbons (Fsp3) is 0.400. The van der Waals surface area contributed by atoms with Gasteiger partial charge in [0.05, 0.1) is 0 Å². The molecule has 0 N–H and O–H groups in total. The standard InChI is InChI=1S/C3H3N2S.C2H5.W/c1-3-2-4-6-5-3;1-2;/h1H3;1H2,2H3;/q2*-1;+2. The Kier molecular flexibility index (Phi) is 11.0. The van der Waals surface area contributed by atoms with E-state index in [0.717, 1.165) is 5.69 Å². The van der Waals surface area contributed by atoms with E-state index in [9.17, 15) is 0 Å². The molecule has 50 valence electrons. The first-order chi connectivity index (χ1) is 3.89. The van der Waals surface area contributed by atoms with E-state index >= 15 is 0 Å². The van der Waals surface area contributed by atoms with Crippen molar-refractivity contribution in [2.24, 2.45) is 0 Å². The molecule has 0 unspecified atom stereocenters. The zero-order chi connectivity index (χ0) is 6.41. The van der Waals surface area contributed by atoms with Crippen molar-refractivity contribution in [3.63, 3.8) is 0 Å². The first kappa shape index (κ1) is 12.0. The SMILES string of the molecule is Cc1[c-]nsn1.[CH2-]C.[W+2]. The van der Waals surface area contributed by atoms with Crippen molar-refractivity contribution in [2.45, 2.75) is 13.8 Å². The Labute approximate surface area is 74.3 Å². The molecule has 0 fully saturated rings. The van der Waals surface area contributed by atoms with Crippen LogP contribution in [0.3, 0.4) is 0 Å². The van der Waals surface area contributed by atoms with Gasteiger partial charge >= 0.3 is 21.1 Å². The zero-order valence-corrected chi connectivity index (χ0v) is 9.17. The minimum absolute atomic E-state index is 0. The van der Waals surface area contributed by atoms with Gasteiger partial charge in [0.25, 0.3) is 0 Å². The Morgan fingerprint density at radius 2 is 2.11 bits per heavy atom. The maximum Gasteiger partial charge on any atom is 2.00 e. The molecule has 0 radical (unpaired) electrons. The normalized spacial score (nSPS) is 6.56. The number of hydrogen-bond acceptors (Lipinski definition) is 3. The average Bonchev–Trinajstić information content (AvgIpc) is 2.24. The number of aryl methyl sites for hydroxylation is 1. The third kappa shape index (κ3) is 6.13. The maximum absolute atomic E-state index is 3.79. The minimum atomic E-state index is 0. The summed E-state index contributed by atoms with van der Waals surface area (Å²) >= 11 is 1.18. The van der Waals surface area contributed by atoms with E-state index in [1.807, 2.05) is 6.92 Å². The first-order valence-corrected chi connectivity index (χ1v) is 3.00. The summed E-state index contributed by atoms with van der Waals surface area (Å²) in [4.78, 5) is 0. The van der Waals surface area contributed by atoms with Gasteiger partial charge in [0.1, 0.15) is 0 Å². The topological polar surface area (TPSA) is 25.8 Å². The molecule has 4 heteroatoms. The zero-order valence-electron chi connectivity index (χ0n) is 5.42. The largest absolute Gasteiger partial charge is 2.00 e. The van der Waals surface area contributed by atoms with Crippen LogP contribution in [-0.4, -0.2) is 8.75 Å². The van der Waals surface area contributed by atoms with E-state index in [2.05, 4.69) is 21.9 Å². The predicted octanol–water partition coefficient (Wildman–Crippen LogP) is 1.48. The third-order valence-electron chi connectivity index (χ3n) is 0.426. The van der Waals surface area contributed by atoms with Crippen LogP contribution in [0.25, 0.3) is 0 Å². The molecule has 2 nitrogen and oxygen atoms in total. The van der Waals surface area contributed by atoms with Crippen LogP contribution in [0.1, 0.15) is 12.6 Å². The Morgan fingerprint density at radius 3 is 2.22 bits per heavy atom. The average molecular weight is 312 g/mol. The van der Waals surface area contributed by atoms with Gasteiger partial charge in [-0.3, -0.25) is 0 Å². The monoisotopic (exact) mass is 312 g/mol. The fourth-order valence-corrected chi connectivity index (χ4v) is 0.566. The summed E-state index contributed by atoms with van der Waals surface area (Å²) in [7, 11) is 0. The smallest absolute Gasteiger partial charge is 0.394 e. The molecule has 1 heterocycles. The van der Waals surface area contributed by atoms with Crippen molar-refractivity contribution >= 4 is 11.7 Å². The molecule has 0 saturated carbocycles. The van der Waals surface area contributed by atoms with E-state index in [1.54, 1.807) is 6.92 Å². The summed E-state index contributed by atoms with van der Waals surface area (Å²) in [5, 5.41) is 0. The Bertz CT molecular complexity index is 119. The van der Waals surface area contributed by atoms with Crippen LogP contribution in [-0.2, 0) is 21.1 Å². The van der Waals surface area contributed by atoms with Gasteiger partial charge in [-0.15, -0.1) is 5.69 Å². The molecule has 0 aliphatic heterocycles. The van der Waals surface area contributed by atoms with E-state index < -0.39 is 0 Å². The second kappa shape index (κ2) is 8.25. The van der Waals surface area contributed by atoms with Crippen LogP contribution < -0.4 is 0 Å². The van der Waals surface area contributed by atoms with Crippen LogP contribution in [0.15, 0.2) is 0 Å². The molecule has 0 bridgehead atoms. The Balaban J connectivity index is 0. The van der Waals surface area contributed by atoms with Gasteiger partial charge in [0.2, 0.25) is 0 Å². The molecule has 1 rings (SSSR count). The van der Waals surface area contributed by atoms with Crippen molar-refractivity contribution in [2.75, 3.05) is 0 Å². The molecule has 0 atom stereocenters. The molecule has 0 amide bonds. The number of hydrogen-bond donors (Lipinski definition) is 0. The quantitative estimate of drug-likeness (QED) is 0.678. The second-order valence-electron chi connectivity index (χ2n) is 0.961. The van der Waals surface area contributed by atoms with Crippen LogP contribution >= 0.6 is 11.7 Å². The molecule has 9 heavy (non-hydrogen) atoms. The van der Waals surface area contributed by atoms with Crippen LogP contribution in [0, 0.1) is 20.0 Å². The summed E-state index contributed by atoms with van der Waals surface area (Å²) in [6.07, 6.45) is 2.66. The summed E-state index contributed by atoms with van der Waals surface area (Å²) in [5.41, 5.74) is 0.875. The minimum Gasteiger partial charge on any atom is -0.394 e. The van der Waals surface area contributed by atoms with Crippen LogP contribution in [0.5, 0.6) is 0 Å². The van der Waals surface area contributed by atoms with Crippen molar-refractivity contribution in [3.8, 4) is 0 Å². The summed E-state index contributed by atoms with van der Waals surface area (Å²) in [6.45, 7) is 6.86. The van der Waals surface area contributed by atoms with Gasteiger partial charge in [-0.2, -0.15) is 6.92 Å². The predicted molar refractivity (Wildman–Crippen MR) is 34.5 cm³/mol. The summed E-state index contributed by atoms with van der Waals surface area (Å²) < 4.78 is 7.42. The van der Waals surface area contributed by atoms with Crippen molar-refractivity contribution in [3.05, 3.63) is 18.8 Å². The number of nitrogens with zero attached hydrogens (tertiary/aromatic N) is 2. The van der Waals surface area contributed by atoms with E-state index in [0.29, 0.717) is 0 Å². The van der Waals surface area contributed by atoms with Gasteiger partial charge in [-0.1, -0.05) is 6.92 Å². The molecule has 1 aromatic heterocycles. The van der Waals surface area contributed by atoms with Crippen LogP contribution in [0.4, 0.5) is 0 Å². The van der Waals surface area contributed by atoms with E-state index in [1.165, 1.54) is 11.7 Å². The van der Waals surface area contributed by atoms with Gasteiger partial charge < -0.3 is 17.5 Å². The van der Waals surface area contributed by atoms with E-state index in [-0.39, 0.29) is 21.1 Å². The fourth-order valence-electron chi connectivity index (χ4n) is 0.189.